The lowest BCUT2D eigenvalue weighted by Crippen LogP contribution is -2.43. The number of halogens is 2. The van der Waals surface area contributed by atoms with Crippen LogP contribution in [-0.4, -0.2) is 22.6 Å². The van der Waals surface area contributed by atoms with Crippen molar-refractivity contribution in [3.63, 3.8) is 0 Å². The van der Waals surface area contributed by atoms with Crippen LogP contribution < -0.4 is 10.9 Å². The summed E-state index contributed by atoms with van der Waals surface area (Å²) in [4.78, 5) is 16.8. The largest absolute Gasteiger partial charge is 0.315 e. The summed E-state index contributed by atoms with van der Waals surface area (Å²) in [5.74, 6) is 1.09. The molecule has 1 N–H and O–H groups in total. The van der Waals surface area contributed by atoms with E-state index in [2.05, 4.69) is 10.3 Å². The Morgan fingerprint density at radius 1 is 1.33 bits per heavy atom. The van der Waals surface area contributed by atoms with Crippen LogP contribution in [0.4, 0.5) is 0 Å². The lowest BCUT2D eigenvalue weighted by Gasteiger charge is -2.28. The summed E-state index contributed by atoms with van der Waals surface area (Å²) in [7, 11) is 1.74. The molecule has 2 heterocycles. The number of fused-ring (bicyclic) bond motifs is 1. The summed E-state index contributed by atoms with van der Waals surface area (Å²) in [6.07, 6.45) is 0. The zero-order valence-electron chi connectivity index (χ0n) is 9.70. The van der Waals surface area contributed by atoms with Crippen molar-refractivity contribution in [3.05, 3.63) is 38.4 Å². The van der Waals surface area contributed by atoms with Crippen LogP contribution in [0.1, 0.15) is 11.7 Å². The minimum Gasteiger partial charge on any atom is -0.315 e. The van der Waals surface area contributed by atoms with Crippen molar-refractivity contribution in [1.82, 2.24) is 14.9 Å². The van der Waals surface area contributed by atoms with Crippen molar-refractivity contribution in [1.29, 1.82) is 0 Å². The van der Waals surface area contributed by atoms with Crippen LogP contribution in [0.3, 0.4) is 0 Å². The maximum atomic E-state index is 12.3. The second-order valence-corrected chi connectivity index (χ2v) is 5.29. The lowest BCUT2D eigenvalue weighted by molar-refractivity contribution is 0.416. The van der Waals surface area contributed by atoms with E-state index in [-0.39, 0.29) is 5.56 Å². The van der Waals surface area contributed by atoms with E-state index in [1.165, 1.54) is 0 Å². The van der Waals surface area contributed by atoms with Crippen molar-refractivity contribution in [2.24, 2.45) is 7.05 Å². The van der Waals surface area contributed by atoms with E-state index in [4.69, 9.17) is 23.2 Å². The van der Waals surface area contributed by atoms with Gasteiger partial charge in [0.2, 0.25) is 0 Å². The topological polar surface area (TPSA) is 46.9 Å². The highest BCUT2D eigenvalue weighted by Gasteiger charge is 2.24. The van der Waals surface area contributed by atoms with Crippen molar-refractivity contribution in [2.75, 3.05) is 13.1 Å². The van der Waals surface area contributed by atoms with E-state index in [1.807, 2.05) is 0 Å². The van der Waals surface area contributed by atoms with Crippen molar-refractivity contribution in [2.45, 2.75) is 5.92 Å². The zero-order valence-corrected chi connectivity index (χ0v) is 11.2. The summed E-state index contributed by atoms with van der Waals surface area (Å²) in [5.41, 5.74) is 0.523. The molecule has 6 heteroatoms. The molecule has 0 saturated carbocycles. The van der Waals surface area contributed by atoms with Gasteiger partial charge in [-0.2, -0.15) is 0 Å². The first-order chi connectivity index (χ1) is 8.58. The molecule has 94 valence electrons. The number of benzene rings is 1. The average Bonchev–Trinajstić information content (AvgIpc) is 2.26. The molecule has 1 fully saturated rings. The molecule has 0 aliphatic carbocycles. The first-order valence-electron chi connectivity index (χ1n) is 5.64. The molecule has 1 saturated heterocycles. The molecule has 4 nitrogen and oxygen atoms in total. The first-order valence-corrected chi connectivity index (χ1v) is 6.40. The van der Waals surface area contributed by atoms with Gasteiger partial charge in [0.25, 0.3) is 5.56 Å². The third kappa shape index (κ3) is 1.72. The second-order valence-electron chi connectivity index (χ2n) is 4.47. The fraction of sp³-hybridized carbons (Fsp3) is 0.333. The molecule has 1 aliphatic heterocycles. The smallest absolute Gasteiger partial charge is 0.261 e. The Bertz CT molecular complexity index is 692. The second kappa shape index (κ2) is 4.23. The highest BCUT2D eigenvalue weighted by Crippen LogP contribution is 2.26. The Hall–Kier alpha value is -1.10. The molecule has 1 aromatic heterocycles. The van der Waals surface area contributed by atoms with Crippen LogP contribution in [0.5, 0.6) is 0 Å². The minimum atomic E-state index is -0.0829. The monoisotopic (exact) mass is 283 g/mol. The number of hydrogen-bond acceptors (Lipinski definition) is 3. The number of hydrogen-bond donors (Lipinski definition) is 1. The van der Waals surface area contributed by atoms with Gasteiger partial charge >= 0.3 is 0 Å². The predicted molar refractivity (Wildman–Crippen MR) is 72.6 cm³/mol. The molecule has 0 unspecified atom stereocenters. The summed E-state index contributed by atoms with van der Waals surface area (Å²) >= 11 is 11.9. The Labute approximate surface area is 114 Å². The van der Waals surface area contributed by atoms with Gasteiger partial charge in [-0.05, 0) is 12.1 Å². The van der Waals surface area contributed by atoms with Crippen LogP contribution in [0.25, 0.3) is 10.9 Å². The van der Waals surface area contributed by atoms with Crippen LogP contribution in [0.15, 0.2) is 16.9 Å². The standard InChI is InChI=1S/C12H11Cl2N3O/c1-17-11(6-4-15-5-6)16-10-3-9(14)8(13)2-7(10)12(17)18/h2-3,6,15H,4-5H2,1H3. The summed E-state index contributed by atoms with van der Waals surface area (Å²) in [5, 5.41) is 4.47. The maximum Gasteiger partial charge on any atom is 0.261 e. The highest BCUT2D eigenvalue weighted by atomic mass is 35.5. The van der Waals surface area contributed by atoms with Crippen molar-refractivity contribution < 1.29 is 0 Å². The molecule has 1 aliphatic rings. The normalized spacial score (nSPS) is 15.9. The summed E-state index contributed by atoms with van der Waals surface area (Å²) in [6, 6.07) is 3.23. The molecule has 0 spiro atoms. The van der Waals surface area contributed by atoms with Gasteiger partial charge in [0.05, 0.1) is 20.9 Å². The highest BCUT2D eigenvalue weighted by molar-refractivity contribution is 6.42. The minimum absolute atomic E-state index is 0.0829. The predicted octanol–water partition coefficient (Wildman–Crippen LogP) is 1.93. The molecule has 0 radical (unpaired) electrons. The fourth-order valence-corrected chi connectivity index (χ4v) is 2.44. The third-order valence-electron chi connectivity index (χ3n) is 3.30. The molecular formula is C12H11Cl2N3O. The van der Waals surface area contributed by atoms with E-state index in [1.54, 1.807) is 23.7 Å². The number of rotatable bonds is 1. The molecule has 0 amide bonds. The number of nitrogens with zero attached hydrogens (tertiary/aromatic N) is 2. The van der Waals surface area contributed by atoms with E-state index >= 15 is 0 Å². The van der Waals surface area contributed by atoms with Crippen molar-refractivity contribution in [3.8, 4) is 0 Å². The first kappa shape index (κ1) is 12.0. The van der Waals surface area contributed by atoms with Gasteiger partial charge in [-0.3, -0.25) is 9.36 Å². The Morgan fingerprint density at radius 2 is 2.00 bits per heavy atom. The molecule has 2 aromatic rings. The van der Waals surface area contributed by atoms with Gasteiger partial charge in [-0.15, -0.1) is 0 Å². The molecule has 3 rings (SSSR count). The lowest BCUT2D eigenvalue weighted by atomic mass is 10.0. The van der Waals surface area contributed by atoms with Gasteiger partial charge in [0.1, 0.15) is 5.82 Å². The Morgan fingerprint density at radius 3 is 2.61 bits per heavy atom. The van der Waals surface area contributed by atoms with Gasteiger partial charge < -0.3 is 5.32 Å². The number of nitrogens with one attached hydrogen (secondary N) is 1. The van der Waals surface area contributed by atoms with E-state index in [0.29, 0.717) is 26.9 Å². The summed E-state index contributed by atoms with van der Waals surface area (Å²) in [6.45, 7) is 1.71. The fourth-order valence-electron chi connectivity index (χ4n) is 2.12. The molecular weight excluding hydrogens is 273 g/mol. The van der Waals surface area contributed by atoms with E-state index in [9.17, 15) is 4.79 Å². The molecule has 18 heavy (non-hydrogen) atoms. The van der Waals surface area contributed by atoms with Crippen LogP contribution >= 0.6 is 23.2 Å². The quantitative estimate of drug-likeness (QED) is 0.870. The molecule has 0 atom stereocenters. The van der Waals surface area contributed by atoms with Gasteiger partial charge in [-0.25, -0.2) is 4.98 Å². The Kier molecular flexibility index (Phi) is 2.81. The zero-order chi connectivity index (χ0) is 12.9. The average molecular weight is 284 g/mol. The SMILES string of the molecule is Cn1c(C2CNC2)nc2cc(Cl)c(Cl)cc2c1=O. The van der Waals surface area contributed by atoms with Crippen molar-refractivity contribution >= 4 is 34.1 Å². The Balaban J connectivity index is 2.32. The van der Waals surface area contributed by atoms with Gasteiger partial charge in [-0.1, -0.05) is 23.2 Å². The van der Waals surface area contributed by atoms with Gasteiger partial charge in [0.15, 0.2) is 0 Å². The maximum absolute atomic E-state index is 12.3. The molecule has 1 aromatic carbocycles. The van der Waals surface area contributed by atoms with E-state index in [0.717, 1.165) is 18.9 Å². The van der Waals surface area contributed by atoms with Gasteiger partial charge in [0, 0.05) is 26.1 Å². The van der Waals surface area contributed by atoms with E-state index < -0.39 is 0 Å². The summed E-state index contributed by atoms with van der Waals surface area (Å²) < 4.78 is 1.60. The third-order valence-corrected chi connectivity index (χ3v) is 4.02. The number of aromatic nitrogens is 2. The van der Waals surface area contributed by atoms with Crippen LogP contribution in [0, 0.1) is 0 Å². The van der Waals surface area contributed by atoms with Crippen LogP contribution in [-0.2, 0) is 7.05 Å². The molecule has 0 bridgehead atoms. The van der Waals surface area contributed by atoms with Crippen LogP contribution in [0.2, 0.25) is 10.0 Å².